The molecule has 12 nitrogen and oxygen atoms in total. The van der Waals surface area contributed by atoms with Gasteiger partial charge in [-0.25, -0.2) is 0 Å². The number of aliphatic hydroxyl groups excluding tert-OH is 4. The number of ether oxygens (including phenoxy) is 3. The Bertz CT molecular complexity index is 1240. The number of carbonyl (C=O) groups is 3. The van der Waals surface area contributed by atoms with Gasteiger partial charge in [0.15, 0.2) is 6.29 Å². The van der Waals surface area contributed by atoms with Crippen molar-refractivity contribution >= 4 is 17.5 Å². The van der Waals surface area contributed by atoms with Crippen LogP contribution in [0.4, 0.5) is 0 Å². The molecule has 16 atom stereocenters. The highest BCUT2D eigenvalue weighted by Crippen LogP contribution is 2.67. The summed E-state index contributed by atoms with van der Waals surface area (Å²) in [5, 5.41) is 63.4. The van der Waals surface area contributed by atoms with Gasteiger partial charge in [-0.2, -0.15) is 0 Å². The van der Waals surface area contributed by atoms with Crippen molar-refractivity contribution in [3.8, 4) is 0 Å². The molecule has 1 aliphatic heterocycles. The van der Waals surface area contributed by atoms with Crippen molar-refractivity contribution in [2.75, 3.05) is 6.61 Å². The van der Waals surface area contributed by atoms with Crippen molar-refractivity contribution in [3.63, 3.8) is 0 Å². The molecule has 0 aromatic rings. The maximum Gasteiger partial charge on any atom is 0.302 e. The fourth-order valence-electron chi connectivity index (χ4n) is 11.4. The molecule has 280 valence electrons. The van der Waals surface area contributed by atoms with Gasteiger partial charge in [-0.1, -0.05) is 13.8 Å². The molecule has 4 aliphatic carbocycles. The van der Waals surface area contributed by atoms with Crippen LogP contribution in [0.25, 0.3) is 0 Å². The summed E-state index contributed by atoms with van der Waals surface area (Å²) in [4.78, 5) is 39.6. The lowest BCUT2D eigenvalue weighted by Gasteiger charge is -2.60. The fourth-order valence-corrected chi connectivity index (χ4v) is 11.4. The Kier molecular flexibility index (Phi) is 10.9. The van der Waals surface area contributed by atoms with Crippen molar-refractivity contribution < 1.29 is 59.2 Å². The van der Waals surface area contributed by atoms with E-state index in [4.69, 9.17) is 14.2 Å². The lowest BCUT2D eigenvalue weighted by atomic mass is 9.44. The second-order valence-corrected chi connectivity index (χ2v) is 17.5. The number of aliphatic hydroxyl groups is 6. The highest BCUT2D eigenvalue weighted by molar-refractivity contribution is 5.87. The first kappa shape index (κ1) is 38.7. The molecule has 5 rings (SSSR count). The average Bonchev–Trinajstić information content (AvgIpc) is 3.27. The third-order valence-corrected chi connectivity index (χ3v) is 13.8. The minimum atomic E-state index is -1.54. The number of Topliss-reactive ketones (excluding diaryl/α,β-unsaturated/α-hetero) is 2. The Hall–Kier alpha value is -1.51. The third kappa shape index (κ3) is 7.02. The van der Waals surface area contributed by atoms with Crippen LogP contribution in [0.2, 0.25) is 0 Å². The first-order valence-electron chi connectivity index (χ1n) is 18.3. The zero-order valence-electron chi connectivity index (χ0n) is 30.2. The van der Waals surface area contributed by atoms with Crippen molar-refractivity contribution in [2.24, 2.45) is 46.3 Å². The van der Waals surface area contributed by atoms with Gasteiger partial charge in [-0.3, -0.25) is 14.4 Å². The van der Waals surface area contributed by atoms with Crippen molar-refractivity contribution in [3.05, 3.63) is 0 Å². The minimum Gasteiger partial charge on any atom is -0.462 e. The molecule has 49 heavy (non-hydrogen) atoms. The van der Waals surface area contributed by atoms with Gasteiger partial charge in [-0.05, 0) is 101 Å². The highest BCUT2D eigenvalue weighted by Gasteiger charge is 2.66. The second kappa shape index (κ2) is 13.8. The van der Waals surface area contributed by atoms with Gasteiger partial charge in [0.25, 0.3) is 0 Å². The molecule has 1 saturated heterocycles. The topological polar surface area (TPSA) is 200 Å². The molecule has 0 spiro atoms. The molecule has 0 bridgehead atoms. The number of carbonyl (C=O) groups excluding carboxylic acids is 3. The van der Waals surface area contributed by atoms with Gasteiger partial charge in [0.05, 0.1) is 29.8 Å². The van der Waals surface area contributed by atoms with E-state index in [2.05, 4.69) is 13.8 Å². The Morgan fingerprint density at radius 1 is 0.959 bits per heavy atom. The van der Waals surface area contributed by atoms with Gasteiger partial charge >= 0.3 is 5.97 Å². The molecule has 0 aromatic carbocycles. The lowest BCUT2D eigenvalue weighted by Crippen LogP contribution is -2.61. The number of hydrogen-bond donors (Lipinski definition) is 6. The summed E-state index contributed by atoms with van der Waals surface area (Å²) in [7, 11) is 0. The number of fused-ring (bicyclic) bond motifs is 5. The summed E-state index contributed by atoms with van der Waals surface area (Å²) in [5.41, 5.74) is -3.35. The standard InChI is InChI=1S/C37H60O12/c1-18(47-19(2)39)22(34(3,4)45)10-13-37(7,46)32-27(41)16-24-21-15-26(40)25-14-20(8-11-35(25,5)23(21)9-12-36(24,32)6)48-33-31(44)30(43)29(42)28(17-38)49-33/h18,20-25,28-33,38,42-46H,8-17H2,1-7H3/t18-,20+,21-,22-,23-,24-,25-,28-,29-,30+,31+,32-,33+,35+,36+,37-/m0/s1. The maximum absolute atomic E-state index is 14.0. The summed E-state index contributed by atoms with van der Waals surface area (Å²) >= 11 is 0. The number of rotatable bonds is 10. The molecule has 4 saturated carbocycles. The fraction of sp³-hybridized carbons (Fsp3) is 0.919. The Labute approximate surface area is 289 Å². The van der Waals surface area contributed by atoms with E-state index in [1.807, 2.05) is 0 Å². The first-order valence-corrected chi connectivity index (χ1v) is 18.3. The van der Waals surface area contributed by atoms with Crippen molar-refractivity contribution in [2.45, 2.75) is 160 Å². The average molecular weight is 697 g/mol. The summed E-state index contributed by atoms with van der Waals surface area (Å²) in [5.74, 6) is -1.49. The molecule has 0 unspecified atom stereocenters. The summed E-state index contributed by atoms with van der Waals surface area (Å²) in [6.07, 6.45) is -3.27. The van der Waals surface area contributed by atoms with E-state index in [-0.39, 0.29) is 47.1 Å². The smallest absolute Gasteiger partial charge is 0.302 e. The maximum atomic E-state index is 14.0. The molecule has 5 fully saturated rings. The quantitative estimate of drug-likeness (QED) is 0.144. The van der Waals surface area contributed by atoms with E-state index >= 15 is 0 Å². The summed E-state index contributed by atoms with van der Waals surface area (Å²) in [6, 6.07) is 0. The van der Waals surface area contributed by atoms with Crippen LogP contribution in [0.3, 0.4) is 0 Å². The van der Waals surface area contributed by atoms with E-state index in [0.717, 1.165) is 12.8 Å². The van der Waals surface area contributed by atoms with E-state index in [1.165, 1.54) is 6.92 Å². The Morgan fingerprint density at radius 2 is 1.61 bits per heavy atom. The Morgan fingerprint density at radius 3 is 2.22 bits per heavy atom. The molecule has 5 aliphatic rings. The minimum absolute atomic E-state index is 0.00766. The molecule has 0 amide bonds. The van der Waals surface area contributed by atoms with Gasteiger partial charge < -0.3 is 44.8 Å². The SMILES string of the molecule is CC(=O)O[C@@H](C)[C@H](CC[C@](C)(O)[C@H]1C(=O)C[C@H]2[C@H]3CC(=O)[C@@H]4C[C@H](O[C@@H]5O[C@@H](CO)[C@H](O)[C@@H](O)[C@H]5O)CC[C@]4(C)[C@H]3CC[C@]21C)C(C)(C)O. The van der Waals surface area contributed by atoms with Crippen LogP contribution >= 0.6 is 0 Å². The van der Waals surface area contributed by atoms with Gasteiger partial charge in [0.2, 0.25) is 0 Å². The molecular formula is C37H60O12. The lowest BCUT2D eigenvalue weighted by molar-refractivity contribution is -0.315. The van der Waals surface area contributed by atoms with Crippen molar-refractivity contribution in [1.29, 1.82) is 0 Å². The van der Waals surface area contributed by atoms with Crippen LogP contribution in [0, 0.1) is 46.3 Å². The second-order valence-electron chi connectivity index (χ2n) is 17.5. The normalized spacial score (nSPS) is 45.0. The molecule has 12 heteroatoms. The first-order chi connectivity index (χ1) is 22.7. The van der Waals surface area contributed by atoms with E-state index in [0.29, 0.717) is 38.5 Å². The van der Waals surface area contributed by atoms with Gasteiger partial charge in [-0.15, -0.1) is 0 Å². The molecule has 1 heterocycles. The summed E-state index contributed by atoms with van der Waals surface area (Å²) in [6.45, 7) is 11.8. The van der Waals surface area contributed by atoms with Crippen LogP contribution in [-0.2, 0) is 28.6 Å². The van der Waals surface area contributed by atoms with E-state index in [9.17, 15) is 45.0 Å². The van der Waals surface area contributed by atoms with Crippen LogP contribution in [-0.4, -0.2) is 109 Å². The molecular weight excluding hydrogens is 636 g/mol. The van der Waals surface area contributed by atoms with Crippen LogP contribution in [0.1, 0.15) is 106 Å². The van der Waals surface area contributed by atoms with Gasteiger partial charge in [0.1, 0.15) is 42.1 Å². The number of hydrogen-bond acceptors (Lipinski definition) is 12. The largest absolute Gasteiger partial charge is 0.462 e. The summed E-state index contributed by atoms with van der Waals surface area (Å²) < 4.78 is 17.1. The zero-order chi connectivity index (χ0) is 36.4. The van der Waals surface area contributed by atoms with E-state index in [1.54, 1.807) is 27.7 Å². The third-order valence-electron chi connectivity index (χ3n) is 13.8. The van der Waals surface area contributed by atoms with E-state index < -0.39 is 83.9 Å². The number of ketones is 2. The zero-order valence-corrected chi connectivity index (χ0v) is 30.2. The molecule has 6 N–H and O–H groups in total. The van der Waals surface area contributed by atoms with Gasteiger partial charge in [0, 0.05) is 31.6 Å². The molecule has 0 radical (unpaired) electrons. The highest BCUT2D eigenvalue weighted by atomic mass is 16.7. The predicted molar refractivity (Wildman–Crippen MR) is 176 cm³/mol. The number of esters is 1. The van der Waals surface area contributed by atoms with Crippen LogP contribution in [0.5, 0.6) is 0 Å². The van der Waals surface area contributed by atoms with Crippen LogP contribution in [0.15, 0.2) is 0 Å². The van der Waals surface area contributed by atoms with Crippen molar-refractivity contribution in [1.82, 2.24) is 0 Å². The monoisotopic (exact) mass is 696 g/mol. The van der Waals surface area contributed by atoms with Crippen LogP contribution < -0.4 is 0 Å². The molecule has 0 aromatic heterocycles. The predicted octanol–water partition coefficient (Wildman–Crippen LogP) is 2.06. The Balaban J connectivity index is 1.29.